The Morgan fingerprint density at radius 3 is 2.82 bits per heavy atom. The maximum absolute atomic E-state index is 12.2. The van der Waals surface area contributed by atoms with Gasteiger partial charge in [-0.3, -0.25) is 14.9 Å². The Labute approximate surface area is 142 Å². The van der Waals surface area contributed by atoms with E-state index in [0.29, 0.717) is 15.3 Å². The minimum Gasteiger partial charge on any atom is -0.320 e. The van der Waals surface area contributed by atoms with Crippen molar-refractivity contribution in [2.75, 3.05) is 11.6 Å². The second-order valence-electron chi connectivity index (χ2n) is 3.93. The number of nitrogens with one attached hydrogen (secondary N) is 1. The van der Waals surface area contributed by atoms with Gasteiger partial charge in [0.2, 0.25) is 0 Å². The van der Waals surface area contributed by atoms with Crippen LogP contribution in [0.15, 0.2) is 34.0 Å². The molecule has 114 valence electrons. The van der Waals surface area contributed by atoms with Gasteiger partial charge < -0.3 is 5.32 Å². The van der Waals surface area contributed by atoms with E-state index in [-0.39, 0.29) is 16.4 Å². The zero-order valence-electron chi connectivity index (χ0n) is 11.0. The van der Waals surface area contributed by atoms with Crippen molar-refractivity contribution >= 4 is 56.6 Å². The Morgan fingerprint density at radius 2 is 2.23 bits per heavy atom. The van der Waals surface area contributed by atoms with E-state index < -0.39 is 10.8 Å². The topological polar surface area (TPSA) is 98.0 Å². The predicted molar refractivity (Wildman–Crippen MR) is 87.6 cm³/mol. The smallest absolute Gasteiger partial charge is 0.276 e. The molecule has 0 bridgehead atoms. The summed E-state index contributed by atoms with van der Waals surface area (Å²) in [4.78, 5) is 30.4. The van der Waals surface area contributed by atoms with Crippen molar-refractivity contribution in [1.29, 1.82) is 0 Å². The summed E-state index contributed by atoms with van der Waals surface area (Å²) in [5, 5.41) is 13.8. The minimum absolute atomic E-state index is 0.0336. The van der Waals surface area contributed by atoms with Gasteiger partial charge in [-0.1, -0.05) is 23.4 Å². The lowest BCUT2D eigenvalue weighted by Crippen LogP contribution is -2.15. The zero-order chi connectivity index (χ0) is 16.3. The van der Waals surface area contributed by atoms with Crippen LogP contribution in [0.1, 0.15) is 10.5 Å². The largest absolute Gasteiger partial charge is 0.320 e. The Hall–Kier alpha value is -1.71. The first-order valence-corrected chi connectivity index (χ1v) is 8.13. The molecule has 0 fully saturated rings. The number of non-ortho nitro benzene ring substituents is 1. The van der Waals surface area contributed by atoms with Crippen LogP contribution in [0.2, 0.25) is 5.02 Å². The standard InChI is InChI=1S/C12H8BrClN4O3S/c1-22-12-15-5-8(14)10(17-12)11(19)16-9-3-2-6(18(20)21)4-7(9)13/h2-5H,1H3,(H,16,19). The van der Waals surface area contributed by atoms with E-state index in [9.17, 15) is 14.9 Å². The fourth-order valence-corrected chi connectivity index (χ4v) is 2.49. The van der Waals surface area contributed by atoms with Gasteiger partial charge in [-0.05, 0) is 28.3 Å². The summed E-state index contributed by atoms with van der Waals surface area (Å²) >= 11 is 10.4. The number of hydrogen-bond donors (Lipinski definition) is 1. The second kappa shape index (κ2) is 7.03. The van der Waals surface area contributed by atoms with Gasteiger partial charge in [0.1, 0.15) is 0 Å². The van der Waals surface area contributed by atoms with Gasteiger partial charge in [-0.2, -0.15) is 0 Å². The first-order valence-electron chi connectivity index (χ1n) is 5.74. The number of halogens is 2. The summed E-state index contributed by atoms with van der Waals surface area (Å²) in [6, 6.07) is 4.00. The van der Waals surface area contributed by atoms with Crippen LogP contribution < -0.4 is 5.32 Å². The molecule has 0 aliphatic rings. The van der Waals surface area contributed by atoms with Gasteiger partial charge in [0, 0.05) is 16.6 Å². The number of anilines is 1. The quantitative estimate of drug-likeness (QED) is 0.361. The molecule has 7 nitrogen and oxygen atoms in total. The maximum atomic E-state index is 12.2. The highest BCUT2D eigenvalue weighted by Gasteiger charge is 2.16. The number of aromatic nitrogens is 2. The molecule has 0 atom stereocenters. The third-order valence-corrected chi connectivity index (χ3v) is 4.03. The van der Waals surface area contributed by atoms with Crippen molar-refractivity contribution < 1.29 is 9.72 Å². The normalized spacial score (nSPS) is 10.3. The molecule has 1 N–H and O–H groups in total. The van der Waals surface area contributed by atoms with E-state index in [1.54, 1.807) is 6.26 Å². The van der Waals surface area contributed by atoms with Crippen LogP contribution in [0.4, 0.5) is 11.4 Å². The van der Waals surface area contributed by atoms with Gasteiger partial charge >= 0.3 is 0 Å². The van der Waals surface area contributed by atoms with Gasteiger partial charge in [0.25, 0.3) is 11.6 Å². The summed E-state index contributed by atoms with van der Waals surface area (Å²) < 4.78 is 0.380. The van der Waals surface area contributed by atoms with Crippen molar-refractivity contribution in [2.24, 2.45) is 0 Å². The summed E-state index contributed by atoms with van der Waals surface area (Å²) in [7, 11) is 0. The van der Waals surface area contributed by atoms with Gasteiger partial charge in [-0.25, -0.2) is 9.97 Å². The van der Waals surface area contributed by atoms with Crippen molar-refractivity contribution in [3.8, 4) is 0 Å². The summed E-state index contributed by atoms with van der Waals surface area (Å²) in [6.45, 7) is 0. The van der Waals surface area contributed by atoms with Crippen LogP contribution >= 0.6 is 39.3 Å². The lowest BCUT2D eigenvalue weighted by molar-refractivity contribution is -0.384. The fraction of sp³-hybridized carbons (Fsp3) is 0.0833. The molecule has 1 amide bonds. The molecule has 2 aromatic rings. The highest BCUT2D eigenvalue weighted by molar-refractivity contribution is 9.10. The molecule has 0 spiro atoms. The monoisotopic (exact) mass is 402 g/mol. The van der Waals surface area contributed by atoms with Crippen LogP contribution in [0, 0.1) is 10.1 Å². The van der Waals surface area contributed by atoms with E-state index >= 15 is 0 Å². The molecule has 1 aromatic carbocycles. The number of nitro groups is 1. The van der Waals surface area contributed by atoms with Crippen LogP contribution in [0.3, 0.4) is 0 Å². The average molecular weight is 404 g/mol. The Bertz CT molecular complexity index is 759. The Balaban J connectivity index is 2.27. The van der Waals surface area contributed by atoms with E-state index in [4.69, 9.17) is 11.6 Å². The number of hydrogen-bond acceptors (Lipinski definition) is 6. The van der Waals surface area contributed by atoms with Crippen LogP contribution in [0.5, 0.6) is 0 Å². The molecule has 0 unspecified atom stereocenters. The number of carbonyl (C=O) groups excluding carboxylic acids is 1. The molecular weight excluding hydrogens is 396 g/mol. The van der Waals surface area contributed by atoms with E-state index in [1.807, 2.05) is 0 Å². The van der Waals surface area contributed by atoms with Crippen LogP contribution in [-0.2, 0) is 0 Å². The lowest BCUT2D eigenvalue weighted by Gasteiger charge is -2.08. The predicted octanol–water partition coefficient (Wildman–Crippen LogP) is 3.77. The SMILES string of the molecule is CSc1ncc(Cl)c(C(=O)Nc2ccc([N+](=O)[O-])cc2Br)n1. The lowest BCUT2D eigenvalue weighted by atomic mass is 10.2. The van der Waals surface area contributed by atoms with Crippen molar-refractivity contribution in [1.82, 2.24) is 9.97 Å². The molecule has 0 aliphatic heterocycles. The zero-order valence-corrected chi connectivity index (χ0v) is 14.2. The number of amides is 1. The molecule has 0 radical (unpaired) electrons. The van der Waals surface area contributed by atoms with E-state index in [0.717, 1.165) is 0 Å². The molecule has 10 heteroatoms. The molecule has 22 heavy (non-hydrogen) atoms. The number of rotatable bonds is 4. The first kappa shape index (κ1) is 16.7. The average Bonchev–Trinajstić information content (AvgIpc) is 2.49. The Morgan fingerprint density at radius 1 is 1.50 bits per heavy atom. The van der Waals surface area contributed by atoms with Crippen LogP contribution in [0.25, 0.3) is 0 Å². The third kappa shape index (κ3) is 3.73. The molecule has 2 rings (SSSR count). The summed E-state index contributed by atoms with van der Waals surface area (Å²) in [6.07, 6.45) is 3.12. The van der Waals surface area contributed by atoms with Crippen molar-refractivity contribution in [3.63, 3.8) is 0 Å². The molecular formula is C12H8BrClN4O3S. The number of nitrogens with zero attached hydrogens (tertiary/aromatic N) is 3. The minimum atomic E-state index is -0.530. The molecule has 1 aromatic heterocycles. The van der Waals surface area contributed by atoms with Gasteiger partial charge in [-0.15, -0.1) is 0 Å². The number of nitro benzene ring substituents is 1. The van der Waals surface area contributed by atoms with E-state index in [2.05, 4.69) is 31.2 Å². The summed E-state index contributed by atoms with van der Waals surface area (Å²) in [5.41, 5.74) is 0.317. The molecule has 1 heterocycles. The molecule has 0 aliphatic carbocycles. The first-order chi connectivity index (χ1) is 10.4. The van der Waals surface area contributed by atoms with Gasteiger partial charge in [0.05, 0.1) is 21.8 Å². The summed E-state index contributed by atoms with van der Waals surface area (Å²) in [5.74, 6) is -0.530. The second-order valence-corrected chi connectivity index (χ2v) is 5.96. The van der Waals surface area contributed by atoms with Crippen molar-refractivity contribution in [3.05, 3.63) is 49.7 Å². The maximum Gasteiger partial charge on any atom is 0.276 e. The Kier molecular flexibility index (Phi) is 5.33. The van der Waals surface area contributed by atoms with Crippen molar-refractivity contribution in [2.45, 2.75) is 5.16 Å². The highest BCUT2D eigenvalue weighted by atomic mass is 79.9. The highest BCUT2D eigenvalue weighted by Crippen LogP contribution is 2.28. The third-order valence-electron chi connectivity index (χ3n) is 2.53. The molecule has 0 saturated heterocycles. The van der Waals surface area contributed by atoms with E-state index in [1.165, 1.54) is 36.2 Å². The number of benzene rings is 1. The fourth-order valence-electron chi connectivity index (χ4n) is 1.51. The number of thioether (sulfide) groups is 1. The number of carbonyl (C=O) groups is 1. The van der Waals surface area contributed by atoms with Crippen LogP contribution in [-0.4, -0.2) is 27.1 Å². The van der Waals surface area contributed by atoms with Gasteiger partial charge in [0.15, 0.2) is 10.9 Å². The molecule has 0 saturated carbocycles.